The number of carbonyl (C=O) groups is 4. The molecule has 0 aliphatic carbocycles. The zero-order chi connectivity index (χ0) is 41.7. The van der Waals surface area contributed by atoms with Crippen LogP contribution in [0.3, 0.4) is 0 Å². The molecule has 0 spiro atoms. The Labute approximate surface area is 340 Å². The number of aromatic amines is 1. The van der Waals surface area contributed by atoms with Crippen molar-refractivity contribution in [2.45, 2.75) is 84.1 Å². The largest absolute Gasteiger partial charge is 0.453 e. The van der Waals surface area contributed by atoms with Crippen molar-refractivity contribution < 1.29 is 28.7 Å². The Hall–Kier alpha value is -5.57. The van der Waals surface area contributed by atoms with Gasteiger partial charge in [-0.15, -0.1) is 0 Å². The standard InChI is InChI=1S/C43H57N9O6/c1-25(2)36(48-42(55)57-7)40(53)51-19-9-11-34(51)38-44-22-32(46-38)28-15-13-27(14-16-28)31-18-17-29(21-30(31)24-50(5)6)33-23-45-39(47-33)35-12-10-20-52(35)41(54)37(26(3)4)49-43(56)58-8/h13-18,21-22,25-26,34-37H,9-12,19-20,23-24H2,1-8H3,(H,44,46)(H,48,55)(H,49,56)/t34-,35-,36+,37+/m1/s1. The van der Waals surface area contributed by atoms with Crippen molar-refractivity contribution >= 4 is 35.5 Å². The number of amides is 4. The van der Waals surface area contributed by atoms with Gasteiger partial charge >= 0.3 is 12.2 Å². The molecule has 0 radical (unpaired) electrons. The number of imidazole rings is 1. The fourth-order valence-electron chi connectivity index (χ4n) is 8.08. The Kier molecular flexibility index (Phi) is 13.3. The summed E-state index contributed by atoms with van der Waals surface area (Å²) < 4.78 is 9.55. The molecule has 3 aromatic rings. The maximum absolute atomic E-state index is 13.7. The topological polar surface area (TPSA) is 174 Å². The van der Waals surface area contributed by atoms with Gasteiger partial charge in [-0.1, -0.05) is 64.1 Å². The van der Waals surface area contributed by atoms with Crippen molar-refractivity contribution in [1.29, 1.82) is 0 Å². The Morgan fingerprint density at radius 2 is 1.36 bits per heavy atom. The van der Waals surface area contributed by atoms with E-state index < -0.39 is 24.3 Å². The molecule has 6 rings (SSSR count). The number of alkyl carbamates (subject to hydrolysis) is 2. The highest BCUT2D eigenvalue weighted by molar-refractivity contribution is 6.14. The molecule has 3 aliphatic heterocycles. The summed E-state index contributed by atoms with van der Waals surface area (Å²) >= 11 is 0. The number of carbonyl (C=O) groups excluding carboxylic acids is 4. The highest BCUT2D eigenvalue weighted by Crippen LogP contribution is 2.34. The SMILES string of the molecule is COC(=O)N[C@H](C(=O)N1CCC[C@@H]1C1=NCC(c2ccc(-c3ccc(-c4cnc([C@H]5CCCN5C(=O)[C@@H](NC(=O)OC)C(C)C)[nH]4)cc3)c(CN(C)C)c2)=N1)C(C)C. The molecule has 2 saturated heterocycles. The number of methoxy groups -OCH3 is 2. The van der Waals surface area contributed by atoms with Crippen LogP contribution < -0.4 is 10.6 Å². The zero-order valence-electron chi connectivity index (χ0n) is 34.9. The molecule has 0 saturated carbocycles. The molecule has 4 amide bonds. The molecular weight excluding hydrogens is 739 g/mol. The summed E-state index contributed by atoms with van der Waals surface area (Å²) in [5, 5.41) is 5.41. The molecule has 3 N–H and O–H groups in total. The minimum absolute atomic E-state index is 0.110. The molecule has 4 atom stereocenters. The van der Waals surface area contributed by atoms with Gasteiger partial charge < -0.3 is 39.8 Å². The van der Waals surface area contributed by atoms with Gasteiger partial charge in [-0.3, -0.25) is 14.6 Å². The third-order valence-electron chi connectivity index (χ3n) is 11.1. The van der Waals surface area contributed by atoms with Gasteiger partial charge in [0, 0.05) is 19.6 Å². The first-order chi connectivity index (χ1) is 27.8. The Morgan fingerprint density at radius 3 is 1.93 bits per heavy atom. The van der Waals surface area contributed by atoms with E-state index in [4.69, 9.17) is 24.4 Å². The minimum atomic E-state index is -0.701. The van der Waals surface area contributed by atoms with Crippen molar-refractivity contribution in [3.63, 3.8) is 0 Å². The van der Waals surface area contributed by atoms with E-state index in [-0.39, 0.29) is 35.7 Å². The molecule has 15 nitrogen and oxygen atoms in total. The fourth-order valence-corrected chi connectivity index (χ4v) is 8.08. The molecule has 15 heteroatoms. The third-order valence-corrected chi connectivity index (χ3v) is 11.1. The number of ether oxygens (including phenoxy) is 2. The number of likely N-dealkylation sites (tertiary alicyclic amines) is 2. The molecule has 0 unspecified atom stereocenters. The van der Waals surface area contributed by atoms with Crippen LogP contribution in [0.1, 0.15) is 76.4 Å². The van der Waals surface area contributed by atoms with Crippen LogP contribution in [0.5, 0.6) is 0 Å². The van der Waals surface area contributed by atoms with Crippen molar-refractivity contribution in [3.8, 4) is 22.4 Å². The van der Waals surface area contributed by atoms with Gasteiger partial charge in [0.1, 0.15) is 23.7 Å². The van der Waals surface area contributed by atoms with E-state index >= 15 is 0 Å². The van der Waals surface area contributed by atoms with Crippen LogP contribution in [0.15, 0.2) is 58.6 Å². The Bertz CT molecular complexity index is 2040. The predicted molar refractivity (Wildman–Crippen MR) is 222 cm³/mol. The quantitative estimate of drug-likeness (QED) is 0.206. The monoisotopic (exact) mass is 795 g/mol. The average molecular weight is 796 g/mol. The van der Waals surface area contributed by atoms with Gasteiger partial charge in [-0.2, -0.15) is 0 Å². The number of nitrogens with one attached hydrogen (secondary N) is 3. The highest BCUT2D eigenvalue weighted by atomic mass is 16.5. The number of aromatic nitrogens is 2. The average Bonchev–Trinajstić information content (AvgIpc) is 4.05. The number of hydrogen-bond donors (Lipinski definition) is 3. The van der Waals surface area contributed by atoms with E-state index in [2.05, 4.69) is 63.0 Å². The molecule has 310 valence electrons. The van der Waals surface area contributed by atoms with Crippen LogP contribution in [0.25, 0.3) is 22.4 Å². The lowest BCUT2D eigenvalue weighted by Gasteiger charge is -2.30. The first-order valence-corrected chi connectivity index (χ1v) is 20.1. The van der Waals surface area contributed by atoms with Crippen molar-refractivity contribution in [2.24, 2.45) is 21.8 Å². The second kappa shape index (κ2) is 18.3. The van der Waals surface area contributed by atoms with E-state index in [0.717, 1.165) is 70.7 Å². The molecular formula is C43H57N9O6. The number of aliphatic imine (C=N–C) groups is 2. The molecule has 0 bridgehead atoms. The summed E-state index contributed by atoms with van der Waals surface area (Å²) in [6.07, 6.45) is 3.77. The number of nitrogens with zero attached hydrogens (tertiary/aromatic N) is 6. The van der Waals surface area contributed by atoms with Crippen LogP contribution in [-0.4, -0.2) is 126 Å². The molecule has 1 aromatic heterocycles. The highest BCUT2D eigenvalue weighted by Gasteiger charge is 2.40. The van der Waals surface area contributed by atoms with Gasteiger partial charge in [-0.25, -0.2) is 19.6 Å². The molecule has 4 heterocycles. The van der Waals surface area contributed by atoms with E-state index in [1.54, 1.807) is 4.90 Å². The van der Waals surface area contributed by atoms with Crippen LogP contribution in [0.2, 0.25) is 0 Å². The number of H-pyrrole nitrogens is 1. The lowest BCUT2D eigenvalue weighted by atomic mass is 9.95. The molecule has 2 fully saturated rings. The number of amidine groups is 1. The zero-order valence-corrected chi connectivity index (χ0v) is 34.9. The summed E-state index contributed by atoms with van der Waals surface area (Å²) in [5.41, 5.74) is 7.01. The summed E-state index contributed by atoms with van der Waals surface area (Å²) in [5.74, 6) is 0.857. The second-order valence-electron chi connectivity index (χ2n) is 16.2. The Morgan fingerprint density at radius 1 is 0.810 bits per heavy atom. The number of rotatable bonds is 13. The number of benzene rings is 2. The minimum Gasteiger partial charge on any atom is -0.453 e. The van der Waals surface area contributed by atoms with Gasteiger partial charge in [0.05, 0.1) is 50.5 Å². The van der Waals surface area contributed by atoms with E-state index in [1.165, 1.54) is 14.2 Å². The number of hydrogen-bond acceptors (Lipinski definition) is 10. The van der Waals surface area contributed by atoms with Gasteiger partial charge in [-0.05, 0) is 85.5 Å². The van der Waals surface area contributed by atoms with E-state index in [9.17, 15) is 19.2 Å². The van der Waals surface area contributed by atoms with Crippen LogP contribution >= 0.6 is 0 Å². The lowest BCUT2D eigenvalue weighted by Crippen LogP contribution is -2.53. The third kappa shape index (κ3) is 9.25. The summed E-state index contributed by atoms with van der Waals surface area (Å²) in [4.78, 5) is 75.0. The van der Waals surface area contributed by atoms with Crippen LogP contribution in [0.4, 0.5) is 9.59 Å². The second-order valence-corrected chi connectivity index (χ2v) is 16.2. The summed E-state index contributed by atoms with van der Waals surface area (Å²) in [6.45, 7) is 9.93. The predicted octanol–water partition coefficient (Wildman–Crippen LogP) is 5.42. The first-order valence-electron chi connectivity index (χ1n) is 20.1. The van der Waals surface area contributed by atoms with Crippen LogP contribution in [0, 0.1) is 11.8 Å². The Balaban J connectivity index is 1.17. The van der Waals surface area contributed by atoms with Crippen LogP contribution in [-0.2, 0) is 25.6 Å². The first kappa shape index (κ1) is 42.0. The summed E-state index contributed by atoms with van der Waals surface area (Å²) in [6, 6.07) is 12.9. The lowest BCUT2D eigenvalue weighted by molar-refractivity contribution is -0.135. The van der Waals surface area contributed by atoms with Crippen molar-refractivity contribution in [1.82, 2.24) is 35.3 Å². The maximum atomic E-state index is 13.7. The molecule has 58 heavy (non-hydrogen) atoms. The van der Waals surface area contributed by atoms with Gasteiger partial charge in [0.15, 0.2) is 0 Å². The van der Waals surface area contributed by atoms with Gasteiger partial charge in [0.2, 0.25) is 11.8 Å². The smallest absolute Gasteiger partial charge is 0.407 e. The molecule has 2 aromatic carbocycles. The fraction of sp³-hybridized carbons (Fsp3) is 0.512. The van der Waals surface area contributed by atoms with Gasteiger partial charge in [0.25, 0.3) is 0 Å². The van der Waals surface area contributed by atoms with Crippen molar-refractivity contribution in [2.75, 3.05) is 47.9 Å². The summed E-state index contributed by atoms with van der Waals surface area (Å²) in [7, 11) is 6.68. The normalized spacial score (nSPS) is 19.0. The molecule has 3 aliphatic rings. The van der Waals surface area contributed by atoms with E-state index in [0.29, 0.717) is 32.0 Å². The maximum Gasteiger partial charge on any atom is 0.407 e. The van der Waals surface area contributed by atoms with E-state index in [1.807, 2.05) is 52.9 Å². The van der Waals surface area contributed by atoms with Crippen molar-refractivity contribution in [3.05, 3.63) is 65.6 Å².